The lowest BCUT2D eigenvalue weighted by Gasteiger charge is -2.25. The molecule has 4 rings (SSSR count). The number of aliphatic imine (C=N–C) groups is 1. The van der Waals surface area contributed by atoms with Gasteiger partial charge in [0.25, 0.3) is 0 Å². The molecule has 0 N–H and O–H groups in total. The second-order valence-corrected chi connectivity index (χ2v) is 7.79. The third kappa shape index (κ3) is 2.76. The summed E-state index contributed by atoms with van der Waals surface area (Å²) in [6, 6.07) is 9.72. The summed E-state index contributed by atoms with van der Waals surface area (Å²) in [5.41, 5.74) is 3.19. The number of pyridine rings is 1. The SMILES string of the molecule is COC(=O)c1ccc(Sc2cnc3c(c2)C2(CCCC2)C(C)=N3)cc1. The van der Waals surface area contributed by atoms with Gasteiger partial charge >= 0.3 is 5.97 Å². The van der Waals surface area contributed by atoms with Crippen molar-refractivity contribution in [3.63, 3.8) is 0 Å². The van der Waals surface area contributed by atoms with Crippen LogP contribution in [-0.4, -0.2) is 23.8 Å². The van der Waals surface area contributed by atoms with Gasteiger partial charge in [0.2, 0.25) is 0 Å². The first-order valence-electron chi connectivity index (χ1n) is 8.55. The van der Waals surface area contributed by atoms with Crippen molar-refractivity contribution < 1.29 is 9.53 Å². The smallest absolute Gasteiger partial charge is 0.337 e. The third-order valence-electron chi connectivity index (χ3n) is 5.29. The Kier molecular flexibility index (Phi) is 4.12. The van der Waals surface area contributed by atoms with Gasteiger partial charge in [-0.1, -0.05) is 24.6 Å². The minimum Gasteiger partial charge on any atom is -0.465 e. The van der Waals surface area contributed by atoms with E-state index in [4.69, 9.17) is 9.73 Å². The van der Waals surface area contributed by atoms with Gasteiger partial charge in [0, 0.05) is 32.7 Å². The highest BCUT2D eigenvalue weighted by Gasteiger charge is 2.44. The molecule has 4 nitrogen and oxygen atoms in total. The molecular formula is C20H20N2O2S. The van der Waals surface area contributed by atoms with E-state index in [0.29, 0.717) is 5.56 Å². The van der Waals surface area contributed by atoms with E-state index < -0.39 is 0 Å². The second-order valence-electron chi connectivity index (χ2n) is 6.65. The monoisotopic (exact) mass is 352 g/mol. The zero-order chi connectivity index (χ0) is 17.4. The Morgan fingerprint density at radius 2 is 1.88 bits per heavy atom. The third-order valence-corrected chi connectivity index (χ3v) is 6.26. The molecule has 0 amide bonds. The Morgan fingerprint density at radius 3 is 2.56 bits per heavy atom. The molecular weight excluding hydrogens is 332 g/mol. The summed E-state index contributed by atoms with van der Waals surface area (Å²) in [7, 11) is 1.39. The first-order chi connectivity index (χ1) is 12.1. The maximum atomic E-state index is 11.5. The van der Waals surface area contributed by atoms with Gasteiger partial charge < -0.3 is 4.74 Å². The number of carbonyl (C=O) groups is 1. The summed E-state index contributed by atoms with van der Waals surface area (Å²) in [5.74, 6) is 0.580. The van der Waals surface area contributed by atoms with E-state index in [-0.39, 0.29) is 11.4 Å². The van der Waals surface area contributed by atoms with Crippen LogP contribution in [0.1, 0.15) is 48.5 Å². The topological polar surface area (TPSA) is 51.5 Å². The van der Waals surface area contributed by atoms with Crippen LogP contribution in [0.3, 0.4) is 0 Å². The molecule has 5 heteroatoms. The van der Waals surface area contributed by atoms with Gasteiger partial charge in [-0.15, -0.1) is 0 Å². The highest BCUT2D eigenvalue weighted by atomic mass is 32.2. The van der Waals surface area contributed by atoms with Crippen LogP contribution < -0.4 is 0 Å². The number of ether oxygens (including phenoxy) is 1. The standard InChI is InChI=1S/C20H20N2O2S/c1-13-20(9-3-4-10-20)17-11-16(12-21-18(17)22-13)25-15-7-5-14(6-8-15)19(23)24-2/h5-8,11-12H,3-4,9-10H2,1-2H3. The molecule has 2 aromatic rings. The van der Waals surface area contributed by atoms with Crippen molar-refractivity contribution in [2.75, 3.05) is 7.11 Å². The van der Waals surface area contributed by atoms with Crippen molar-refractivity contribution in [3.8, 4) is 0 Å². The summed E-state index contributed by atoms with van der Waals surface area (Å²) in [5, 5.41) is 0. The first-order valence-corrected chi connectivity index (χ1v) is 9.36. The lowest BCUT2D eigenvalue weighted by Crippen LogP contribution is -2.27. The van der Waals surface area contributed by atoms with Gasteiger partial charge in [0.15, 0.2) is 5.82 Å². The summed E-state index contributed by atoms with van der Waals surface area (Å²) >= 11 is 1.66. The van der Waals surface area contributed by atoms with E-state index in [1.807, 2.05) is 18.3 Å². The lowest BCUT2D eigenvalue weighted by molar-refractivity contribution is 0.0600. The molecule has 1 aliphatic carbocycles. The fourth-order valence-corrected chi connectivity index (χ4v) is 4.75. The zero-order valence-electron chi connectivity index (χ0n) is 14.4. The van der Waals surface area contributed by atoms with Gasteiger partial charge in [-0.05, 0) is 50.1 Å². The quantitative estimate of drug-likeness (QED) is 0.734. The van der Waals surface area contributed by atoms with Crippen molar-refractivity contribution in [1.29, 1.82) is 0 Å². The number of carbonyl (C=O) groups excluding carboxylic acids is 1. The molecule has 0 radical (unpaired) electrons. The predicted octanol–water partition coefficient (Wildman–Crippen LogP) is 4.94. The highest BCUT2D eigenvalue weighted by Crippen LogP contribution is 2.50. The van der Waals surface area contributed by atoms with Crippen molar-refractivity contribution in [3.05, 3.63) is 47.7 Å². The fraction of sp³-hybridized carbons (Fsp3) is 0.350. The van der Waals surface area contributed by atoms with Crippen LogP contribution in [0.4, 0.5) is 5.82 Å². The van der Waals surface area contributed by atoms with Gasteiger partial charge in [-0.3, -0.25) is 0 Å². The van der Waals surface area contributed by atoms with Crippen LogP contribution in [-0.2, 0) is 10.2 Å². The summed E-state index contributed by atoms with van der Waals surface area (Å²) < 4.78 is 4.74. The Bertz CT molecular complexity index is 852. The summed E-state index contributed by atoms with van der Waals surface area (Å²) in [6.45, 7) is 2.14. The lowest BCUT2D eigenvalue weighted by atomic mass is 9.77. The molecule has 1 spiro atoms. The maximum absolute atomic E-state index is 11.5. The molecule has 1 saturated carbocycles. The molecule has 0 unspecified atom stereocenters. The van der Waals surface area contributed by atoms with E-state index in [1.165, 1.54) is 44.1 Å². The van der Waals surface area contributed by atoms with Crippen molar-refractivity contribution >= 4 is 29.3 Å². The Morgan fingerprint density at radius 1 is 1.16 bits per heavy atom. The van der Waals surface area contributed by atoms with Crippen molar-refractivity contribution in [2.24, 2.45) is 4.99 Å². The maximum Gasteiger partial charge on any atom is 0.337 e. The number of hydrogen-bond donors (Lipinski definition) is 0. The zero-order valence-corrected chi connectivity index (χ0v) is 15.2. The largest absolute Gasteiger partial charge is 0.465 e. The molecule has 2 heterocycles. The average molecular weight is 352 g/mol. The first kappa shape index (κ1) is 16.3. The van der Waals surface area contributed by atoms with E-state index >= 15 is 0 Å². The summed E-state index contributed by atoms with van der Waals surface area (Å²) in [6.07, 6.45) is 6.78. The molecule has 1 fully saturated rings. The molecule has 25 heavy (non-hydrogen) atoms. The van der Waals surface area contributed by atoms with E-state index in [0.717, 1.165) is 15.6 Å². The van der Waals surface area contributed by atoms with Gasteiger partial charge in [-0.25, -0.2) is 14.8 Å². The number of benzene rings is 1. The number of methoxy groups -OCH3 is 1. The minimum atomic E-state index is -0.313. The number of fused-ring (bicyclic) bond motifs is 2. The average Bonchev–Trinajstić information content (AvgIpc) is 3.23. The van der Waals surface area contributed by atoms with Crippen LogP contribution in [0.25, 0.3) is 0 Å². The molecule has 1 aliphatic heterocycles. The van der Waals surface area contributed by atoms with Crippen LogP contribution in [0.15, 0.2) is 51.3 Å². The Balaban J connectivity index is 1.60. The van der Waals surface area contributed by atoms with Crippen LogP contribution in [0, 0.1) is 0 Å². The van der Waals surface area contributed by atoms with E-state index in [2.05, 4.69) is 18.0 Å². The van der Waals surface area contributed by atoms with Gasteiger partial charge in [0.1, 0.15) is 0 Å². The number of hydrogen-bond acceptors (Lipinski definition) is 5. The molecule has 0 atom stereocenters. The van der Waals surface area contributed by atoms with Crippen molar-refractivity contribution in [1.82, 2.24) is 4.98 Å². The molecule has 1 aromatic carbocycles. The molecule has 0 bridgehead atoms. The van der Waals surface area contributed by atoms with Crippen LogP contribution in [0.5, 0.6) is 0 Å². The normalized spacial score (nSPS) is 17.4. The predicted molar refractivity (Wildman–Crippen MR) is 99.1 cm³/mol. The van der Waals surface area contributed by atoms with Gasteiger partial charge in [-0.2, -0.15) is 0 Å². The summed E-state index contributed by atoms with van der Waals surface area (Å²) in [4.78, 5) is 23.0. The Labute approximate surface area is 151 Å². The number of nitrogens with zero attached hydrogens (tertiary/aromatic N) is 2. The van der Waals surface area contributed by atoms with E-state index in [1.54, 1.807) is 23.9 Å². The van der Waals surface area contributed by atoms with Crippen LogP contribution in [0.2, 0.25) is 0 Å². The molecule has 0 saturated heterocycles. The van der Waals surface area contributed by atoms with Crippen LogP contribution >= 0.6 is 11.8 Å². The minimum absolute atomic E-state index is 0.119. The number of rotatable bonds is 3. The van der Waals surface area contributed by atoms with E-state index in [9.17, 15) is 4.79 Å². The highest BCUT2D eigenvalue weighted by molar-refractivity contribution is 7.99. The fourth-order valence-electron chi connectivity index (χ4n) is 3.92. The molecule has 1 aromatic heterocycles. The number of esters is 1. The molecule has 128 valence electrons. The molecule has 2 aliphatic rings. The second kappa shape index (κ2) is 6.30. The number of aromatic nitrogens is 1. The Hall–Kier alpha value is -2.14. The van der Waals surface area contributed by atoms with Gasteiger partial charge in [0.05, 0.1) is 12.7 Å². The van der Waals surface area contributed by atoms with Crippen molar-refractivity contribution in [2.45, 2.75) is 47.8 Å².